The van der Waals surface area contributed by atoms with E-state index in [0.29, 0.717) is 0 Å². The van der Waals surface area contributed by atoms with Crippen LogP contribution in [0.3, 0.4) is 0 Å². The van der Waals surface area contributed by atoms with E-state index in [9.17, 15) is 0 Å². The van der Waals surface area contributed by atoms with Gasteiger partial charge in [-0.2, -0.15) is 0 Å². The molecule has 0 unspecified atom stereocenters. The Morgan fingerprint density at radius 1 is 1.10 bits per heavy atom. The highest BCUT2D eigenvalue weighted by atomic mass is 32.1. The lowest BCUT2D eigenvalue weighted by Crippen LogP contribution is -2.25. The van der Waals surface area contributed by atoms with Crippen LogP contribution in [-0.2, 0) is 5.41 Å². The van der Waals surface area contributed by atoms with Gasteiger partial charge in [0.25, 0.3) is 0 Å². The lowest BCUT2D eigenvalue weighted by Gasteiger charge is -2.34. The molecule has 0 aromatic heterocycles. The molecule has 0 radical (unpaired) electrons. The normalized spacial score (nSPS) is 12.6. The van der Waals surface area contributed by atoms with Crippen molar-refractivity contribution in [3.8, 4) is 5.75 Å². The van der Waals surface area contributed by atoms with E-state index >= 15 is 0 Å². The van der Waals surface area contributed by atoms with Gasteiger partial charge in [0.15, 0.2) is 0 Å². The van der Waals surface area contributed by atoms with Gasteiger partial charge >= 0.3 is 0 Å². The molecular formula is C18H30OS. The fourth-order valence-corrected chi connectivity index (χ4v) is 3.12. The highest BCUT2D eigenvalue weighted by Gasteiger charge is 2.30. The maximum absolute atomic E-state index is 6.00. The summed E-state index contributed by atoms with van der Waals surface area (Å²) in [4.78, 5) is 1.00. The Morgan fingerprint density at radius 2 is 1.75 bits per heavy atom. The summed E-state index contributed by atoms with van der Waals surface area (Å²) in [5, 5.41) is 0. The van der Waals surface area contributed by atoms with E-state index in [1.807, 2.05) is 6.07 Å². The Balaban J connectivity index is 3.04. The minimum atomic E-state index is 0.0819. The molecule has 1 aromatic rings. The third kappa shape index (κ3) is 5.40. The maximum atomic E-state index is 6.00. The van der Waals surface area contributed by atoms with Crippen LogP contribution in [-0.4, -0.2) is 6.61 Å². The van der Waals surface area contributed by atoms with Crippen LogP contribution in [0.5, 0.6) is 5.75 Å². The van der Waals surface area contributed by atoms with Crippen molar-refractivity contribution in [3.05, 3.63) is 23.8 Å². The predicted molar refractivity (Wildman–Crippen MR) is 91.2 cm³/mol. The maximum Gasteiger partial charge on any atom is 0.123 e. The molecule has 0 spiro atoms. The van der Waals surface area contributed by atoms with Gasteiger partial charge in [-0.3, -0.25) is 0 Å². The first-order chi connectivity index (χ1) is 9.15. The third-order valence-electron chi connectivity index (χ3n) is 3.42. The van der Waals surface area contributed by atoms with Gasteiger partial charge < -0.3 is 4.74 Å². The summed E-state index contributed by atoms with van der Waals surface area (Å²) in [6.45, 7) is 14.4. The highest BCUT2D eigenvalue weighted by Crippen LogP contribution is 2.41. The summed E-state index contributed by atoms with van der Waals surface area (Å²) < 4.78 is 6.00. The van der Waals surface area contributed by atoms with E-state index in [4.69, 9.17) is 4.74 Å². The van der Waals surface area contributed by atoms with Crippen molar-refractivity contribution in [3.63, 3.8) is 0 Å². The molecule has 0 aliphatic heterocycles. The van der Waals surface area contributed by atoms with Gasteiger partial charge in [0.1, 0.15) is 5.75 Å². The summed E-state index contributed by atoms with van der Waals surface area (Å²) in [6, 6.07) is 6.24. The summed E-state index contributed by atoms with van der Waals surface area (Å²) in [7, 11) is 0. The molecule has 0 N–H and O–H groups in total. The molecule has 0 bridgehead atoms. The summed E-state index contributed by atoms with van der Waals surface area (Å²) in [5.41, 5.74) is 1.64. The fourth-order valence-electron chi connectivity index (χ4n) is 2.92. The van der Waals surface area contributed by atoms with Crippen LogP contribution in [0.2, 0.25) is 0 Å². The van der Waals surface area contributed by atoms with E-state index in [1.54, 1.807) is 0 Å². The topological polar surface area (TPSA) is 9.23 Å². The summed E-state index contributed by atoms with van der Waals surface area (Å²) in [5.74, 6) is 1.02. The zero-order valence-electron chi connectivity index (χ0n) is 13.9. The van der Waals surface area contributed by atoms with Gasteiger partial charge in [0, 0.05) is 10.5 Å². The van der Waals surface area contributed by atoms with Crippen LogP contribution in [0.1, 0.15) is 66.4 Å². The van der Waals surface area contributed by atoms with Crippen molar-refractivity contribution in [1.29, 1.82) is 0 Å². The first-order valence-corrected chi connectivity index (χ1v) is 8.07. The molecular weight excluding hydrogens is 264 g/mol. The molecule has 0 heterocycles. The van der Waals surface area contributed by atoms with Crippen molar-refractivity contribution in [1.82, 2.24) is 0 Å². The van der Waals surface area contributed by atoms with Gasteiger partial charge in [-0.25, -0.2) is 0 Å². The summed E-state index contributed by atoms with van der Waals surface area (Å²) in [6.07, 6.45) is 3.37. The zero-order chi connectivity index (χ0) is 15.4. The van der Waals surface area contributed by atoms with Crippen molar-refractivity contribution in [2.24, 2.45) is 5.41 Å². The van der Waals surface area contributed by atoms with Crippen molar-refractivity contribution < 1.29 is 4.74 Å². The molecule has 2 heteroatoms. The molecule has 114 valence electrons. The Hall–Kier alpha value is -0.630. The average Bonchev–Trinajstić information content (AvgIpc) is 2.28. The molecule has 0 atom stereocenters. The number of rotatable bonds is 6. The van der Waals surface area contributed by atoms with Crippen LogP contribution in [0, 0.1) is 5.41 Å². The molecule has 0 fully saturated rings. The number of benzene rings is 1. The predicted octanol–water partition coefficient (Wildman–Crippen LogP) is 5.87. The van der Waals surface area contributed by atoms with Crippen molar-refractivity contribution in [2.45, 2.75) is 71.1 Å². The molecule has 1 rings (SSSR count). The molecule has 0 saturated carbocycles. The van der Waals surface area contributed by atoms with Crippen LogP contribution < -0.4 is 4.74 Å². The molecule has 0 aliphatic carbocycles. The van der Waals surface area contributed by atoms with Crippen LogP contribution in [0.25, 0.3) is 0 Å². The molecule has 0 saturated heterocycles. The Bertz CT molecular complexity index is 430. The smallest absolute Gasteiger partial charge is 0.123 e. The minimum absolute atomic E-state index is 0.0819. The Labute approximate surface area is 130 Å². The minimum Gasteiger partial charge on any atom is -0.493 e. The zero-order valence-corrected chi connectivity index (χ0v) is 14.8. The van der Waals surface area contributed by atoms with Crippen molar-refractivity contribution in [2.75, 3.05) is 6.61 Å². The number of ether oxygens (including phenoxy) is 1. The SMILES string of the molecule is CCCCOc1ccc(S)cc1C(C)(C)CC(C)(C)C. The molecule has 0 amide bonds. The monoisotopic (exact) mass is 294 g/mol. The standard InChI is InChI=1S/C18H30OS/c1-7-8-11-19-16-10-9-14(20)12-15(16)18(5,6)13-17(2,3)4/h9-10,12,20H,7-8,11,13H2,1-6H3. The second-order valence-corrected chi connectivity index (χ2v) is 8.02. The highest BCUT2D eigenvalue weighted by molar-refractivity contribution is 7.80. The number of hydrogen-bond acceptors (Lipinski definition) is 2. The number of unbranched alkanes of at least 4 members (excludes halogenated alkanes) is 1. The average molecular weight is 295 g/mol. The first kappa shape index (κ1) is 17.4. The Morgan fingerprint density at radius 3 is 2.30 bits per heavy atom. The Kier molecular flexibility index (Phi) is 6.00. The first-order valence-electron chi connectivity index (χ1n) is 7.62. The van der Waals surface area contributed by atoms with E-state index in [2.05, 4.69) is 66.3 Å². The second-order valence-electron chi connectivity index (χ2n) is 7.50. The molecule has 1 aromatic carbocycles. The second kappa shape index (κ2) is 6.89. The van der Waals surface area contributed by atoms with Crippen molar-refractivity contribution >= 4 is 12.6 Å². The largest absolute Gasteiger partial charge is 0.493 e. The molecule has 1 nitrogen and oxygen atoms in total. The molecule has 0 aliphatic rings. The lowest BCUT2D eigenvalue weighted by atomic mass is 9.72. The van der Waals surface area contributed by atoms with Gasteiger partial charge in [-0.05, 0) is 41.9 Å². The van der Waals surface area contributed by atoms with E-state index in [1.165, 1.54) is 5.56 Å². The van der Waals surface area contributed by atoms with Gasteiger partial charge in [-0.1, -0.05) is 48.0 Å². The van der Waals surface area contributed by atoms with Crippen LogP contribution >= 0.6 is 12.6 Å². The lowest BCUT2D eigenvalue weighted by molar-refractivity contribution is 0.263. The third-order valence-corrected chi connectivity index (χ3v) is 3.70. The van der Waals surface area contributed by atoms with Crippen LogP contribution in [0.4, 0.5) is 0 Å². The number of thiol groups is 1. The van der Waals surface area contributed by atoms with Crippen LogP contribution in [0.15, 0.2) is 23.1 Å². The van der Waals surface area contributed by atoms with E-state index in [-0.39, 0.29) is 10.8 Å². The summed E-state index contributed by atoms with van der Waals surface area (Å²) >= 11 is 4.50. The quantitative estimate of drug-likeness (QED) is 0.510. The van der Waals surface area contributed by atoms with E-state index < -0.39 is 0 Å². The van der Waals surface area contributed by atoms with Gasteiger partial charge in [-0.15, -0.1) is 12.6 Å². The molecule has 20 heavy (non-hydrogen) atoms. The van der Waals surface area contributed by atoms with Gasteiger partial charge in [0.05, 0.1) is 6.61 Å². The van der Waals surface area contributed by atoms with Gasteiger partial charge in [0.2, 0.25) is 0 Å². The fraction of sp³-hybridized carbons (Fsp3) is 0.667. The van der Waals surface area contributed by atoms with E-state index in [0.717, 1.165) is 36.5 Å². The number of hydrogen-bond donors (Lipinski definition) is 1.